The zero-order valence-electron chi connectivity index (χ0n) is 17.4. The largest absolute Gasteiger partial charge is 0.454 e. The molecular formula is C25H19ClN2O4. The van der Waals surface area contributed by atoms with E-state index in [1.807, 2.05) is 32.0 Å². The number of carbonyl (C=O) groups is 2. The van der Waals surface area contributed by atoms with E-state index in [0.29, 0.717) is 33.5 Å². The predicted octanol–water partition coefficient (Wildman–Crippen LogP) is 5.08. The molecule has 2 aliphatic rings. The lowest BCUT2D eigenvalue weighted by molar-refractivity contribution is -0.120. The molecule has 160 valence electrons. The molecule has 5 rings (SSSR count). The van der Waals surface area contributed by atoms with Crippen LogP contribution in [0.25, 0.3) is 5.57 Å². The van der Waals surface area contributed by atoms with Crippen molar-refractivity contribution in [2.45, 2.75) is 13.8 Å². The number of ether oxygens (including phenoxy) is 2. The Morgan fingerprint density at radius 3 is 2.41 bits per heavy atom. The van der Waals surface area contributed by atoms with Crippen LogP contribution < -0.4 is 19.7 Å². The second kappa shape index (κ2) is 7.73. The summed E-state index contributed by atoms with van der Waals surface area (Å²) < 4.78 is 10.8. The van der Waals surface area contributed by atoms with Crippen LogP contribution in [-0.2, 0) is 9.59 Å². The molecule has 0 saturated heterocycles. The van der Waals surface area contributed by atoms with Crippen LogP contribution in [0.3, 0.4) is 0 Å². The average molecular weight is 447 g/mol. The molecule has 3 aromatic rings. The number of amides is 2. The number of nitrogens with one attached hydrogen (secondary N) is 1. The van der Waals surface area contributed by atoms with E-state index in [2.05, 4.69) is 5.32 Å². The Hall–Kier alpha value is -3.77. The Bertz CT molecular complexity index is 1300. The van der Waals surface area contributed by atoms with E-state index in [9.17, 15) is 9.59 Å². The summed E-state index contributed by atoms with van der Waals surface area (Å²) in [5.41, 5.74) is 4.04. The molecule has 2 aliphatic heterocycles. The maximum atomic E-state index is 13.6. The molecule has 0 bridgehead atoms. The average Bonchev–Trinajstić information content (AvgIpc) is 3.33. The van der Waals surface area contributed by atoms with Crippen molar-refractivity contribution in [3.05, 3.63) is 88.1 Å². The number of benzene rings is 3. The van der Waals surface area contributed by atoms with Gasteiger partial charge in [-0.05, 0) is 60.9 Å². The van der Waals surface area contributed by atoms with Gasteiger partial charge in [0.05, 0.1) is 11.3 Å². The van der Waals surface area contributed by atoms with Crippen molar-refractivity contribution in [3.63, 3.8) is 0 Å². The predicted molar refractivity (Wildman–Crippen MR) is 123 cm³/mol. The van der Waals surface area contributed by atoms with Crippen molar-refractivity contribution in [1.29, 1.82) is 0 Å². The Morgan fingerprint density at radius 1 is 0.875 bits per heavy atom. The van der Waals surface area contributed by atoms with Crippen LogP contribution in [-0.4, -0.2) is 18.6 Å². The molecule has 0 atom stereocenters. The van der Waals surface area contributed by atoms with Gasteiger partial charge < -0.3 is 14.8 Å². The summed E-state index contributed by atoms with van der Waals surface area (Å²) >= 11 is 6.05. The second-order valence-electron chi connectivity index (χ2n) is 7.69. The number of nitrogens with zero attached hydrogens (tertiary/aromatic N) is 1. The molecular weight excluding hydrogens is 428 g/mol. The molecule has 2 heterocycles. The number of rotatable bonds is 4. The van der Waals surface area contributed by atoms with E-state index >= 15 is 0 Å². The maximum absolute atomic E-state index is 13.6. The number of halogens is 1. The summed E-state index contributed by atoms with van der Waals surface area (Å²) in [6, 6.07) is 17.8. The number of imide groups is 1. The van der Waals surface area contributed by atoms with E-state index in [-0.39, 0.29) is 18.1 Å². The molecule has 0 saturated carbocycles. The van der Waals surface area contributed by atoms with Gasteiger partial charge in [-0.15, -0.1) is 0 Å². The molecule has 0 fully saturated rings. The summed E-state index contributed by atoms with van der Waals surface area (Å²) in [4.78, 5) is 28.4. The van der Waals surface area contributed by atoms with Gasteiger partial charge in [0.2, 0.25) is 6.79 Å². The van der Waals surface area contributed by atoms with E-state index in [1.54, 1.807) is 42.5 Å². The number of fused-ring (bicyclic) bond motifs is 1. The summed E-state index contributed by atoms with van der Waals surface area (Å²) in [7, 11) is 0. The van der Waals surface area contributed by atoms with Gasteiger partial charge in [0, 0.05) is 16.8 Å². The second-order valence-corrected chi connectivity index (χ2v) is 8.12. The highest BCUT2D eigenvalue weighted by Crippen LogP contribution is 2.38. The summed E-state index contributed by atoms with van der Waals surface area (Å²) in [6.07, 6.45) is 0. The van der Waals surface area contributed by atoms with Gasteiger partial charge in [-0.2, -0.15) is 0 Å². The Kier molecular flexibility index (Phi) is 4.87. The number of hydrogen-bond acceptors (Lipinski definition) is 5. The molecule has 1 N–H and O–H groups in total. The SMILES string of the molecule is Cc1ccc(C)c(N2C(=O)C(Nc3ccc4c(c3)OCO4)=C(c3ccc(Cl)cc3)C2=O)c1. The normalized spacial score (nSPS) is 15.0. The molecule has 7 heteroatoms. The van der Waals surface area contributed by atoms with Crippen LogP contribution in [0, 0.1) is 13.8 Å². The zero-order valence-corrected chi connectivity index (χ0v) is 18.2. The third-order valence-corrected chi connectivity index (χ3v) is 5.72. The van der Waals surface area contributed by atoms with Gasteiger partial charge >= 0.3 is 0 Å². The van der Waals surface area contributed by atoms with Crippen LogP contribution in [0.5, 0.6) is 11.5 Å². The van der Waals surface area contributed by atoms with Crippen molar-refractivity contribution in [2.75, 3.05) is 17.0 Å². The van der Waals surface area contributed by atoms with Crippen molar-refractivity contribution < 1.29 is 19.1 Å². The first kappa shape index (κ1) is 20.2. The van der Waals surface area contributed by atoms with Crippen LogP contribution in [0.1, 0.15) is 16.7 Å². The Labute approximate surface area is 190 Å². The van der Waals surface area contributed by atoms with Crippen molar-refractivity contribution in [2.24, 2.45) is 0 Å². The number of carbonyl (C=O) groups excluding carboxylic acids is 2. The topological polar surface area (TPSA) is 67.9 Å². The molecule has 0 aromatic heterocycles. The quantitative estimate of drug-likeness (QED) is 0.566. The van der Waals surface area contributed by atoms with Gasteiger partial charge in [0.1, 0.15) is 5.70 Å². The summed E-state index contributed by atoms with van der Waals surface area (Å²) in [6.45, 7) is 3.95. The monoisotopic (exact) mass is 446 g/mol. The number of aryl methyl sites for hydroxylation is 2. The van der Waals surface area contributed by atoms with Crippen LogP contribution in [0.15, 0.2) is 66.4 Å². The van der Waals surface area contributed by atoms with E-state index < -0.39 is 11.8 Å². The minimum Gasteiger partial charge on any atom is -0.454 e. The molecule has 6 nitrogen and oxygen atoms in total. The molecule has 0 spiro atoms. The fraction of sp³-hybridized carbons (Fsp3) is 0.120. The molecule has 0 aliphatic carbocycles. The minimum atomic E-state index is -0.425. The number of hydrogen-bond donors (Lipinski definition) is 1. The van der Waals surface area contributed by atoms with Gasteiger partial charge in [0.25, 0.3) is 11.8 Å². The minimum absolute atomic E-state index is 0.148. The first-order valence-corrected chi connectivity index (χ1v) is 10.4. The maximum Gasteiger partial charge on any atom is 0.282 e. The third-order valence-electron chi connectivity index (χ3n) is 5.46. The fourth-order valence-corrected chi connectivity index (χ4v) is 3.95. The van der Waals surface area contributed by atoms with Gasteiger partial charge in [-0.25, -0.2) is 4.90 Å². The van der Waals surface area contributed by atoms with E-state index in [0.717, 1.165) is 11.1 Å². The van der Waals surface area contributed by atoms with Crippen LogP contribution >= 0.6 is 11.6 Å². The first-order chi connectivity index (χ1) is 15.4. The standard InChI is InChI=1S/C25H19ClN2O4/c1-14-3-4-15(2)19(11-14)28-24(29)22(16-5-7-17(26)8-6-16)23(25(28)30)27-18-9-10-20-21(12-18)32-13-31-20/h3-12,27H,13H2,1-2H3. The Balaban J connectivity index is 1.61. The van der Waals surface area contributed by atoms with Crippen molar-refractivity contribution in [3.8, 4) is 11.5 Å². The highest BCUT2D eigenvalue weighted by Gasteiger charge is 2.41. The van der Waals surface area contributed by atoms with Crippen molar-refractivity contribution in [1.82, 2.24) is 0 Å². The fourth-order valence-electron chi connectivity index (χ4n) is 3.83. The molecule has 0 radical (unpaired) electrons. The molecule has 2 amide bonds. The third kappa shape index (κ3) is 3.39. The molecule has 3 aromatic carbocycles. The highest BCUT2D eigenvalue weighted by molar-refractivity contribution is 6.46. The zero-order chi connectivity index (χ0) is 22.4. The van der Waals surface area contributed by atoms with Gasteiger partial charge in [-0.3, -0.25) is 9.59 Å². The molecule has 0 unspecified atom stereocenters. The number of anilines is 2. The van der Waals surface area contributed by atoms with Crippen molar-refractivity contribution >= 4 is 40.4 Å². The van der Waals surface area contributed by atoms with E-state index in [1.165, 1.54) is 4.90 Å². The van der Waals surface area contributed by atoms with Crippen LogP contribution in [0.4, 0.5) is 11.4 Å². The molecule has 32 heavy (non-hydrogen) atoms. The summed E-state index contributed by atoms with van der Waals surface area (Å²) in [5.74, 6) is 0.390. The highest BCUT2D eigenvalue weighted by atomic mass is 35.5. The lowest BCUT2D eigenvalue weighted by Gasteiger charge is -2.18. The smallest absolute Gasteiger partial charge is 0.282 e. The van der Waals surface area contributed by atoms with E-state index in [4.69, 9.17) is 21.1 Å². The lowest BCUT2D eigenvalue weighted by Crippen LogP contribution is -2.33. The van der Waals surface area contributed by atoms with Gasteiger partial charge in [0.15, 0.2) is 11.5 Å². The first-order valence-electron chi connectivity index (χ1n) is 10.1. The Morgan fingerprint density at radius 2 is 1.62 bits per heavy atom. The lowest BCUT2D eigenvalue weighted by atomic mass is 10.0. The van der Waals surface area contributed by atoms with Gasteiger partial charge in [-0.1, -0.05) is 35.9 Å². The van der Waals surface area contributed by atoms with Crippen LogP contribution in [0.2, 0.25) is 5.02 Å². The summed E-state index contributed by atoms with van der Waals surface area (Å²) in [5, 5.41) is 3.69.